The average Bonchev–Trinajstić information content (AvgIpc) is 2.98. The summed E-state index contributed by atoms with van der Waals surface area (Å²) >= 11 is 1.54. The van der Waals surface area contributed by atoms with Crippen LogP contribution in [0.5, 0.6) is 0 Å². The van der Waals surface area contributed by atoms with Gasteiger partial charge in [-0.1, -0.05) is 36.4 Å². The normalized spacial score (nSPS) is 14.1. The van der Waals surface area contributed by atoms with Crippen LogP contribution in [0.15, 0.2) is 54.6 Å². The molecule has 0 saturated heterocycles. The molecule has 2 nitrogen and oxygen atoms in total. The Morgan fingerprint density at radius 2 is 1.81 bits per heavy atom. The number of hydrogen-bond acceptors (Lipinski definition) is 3. The van der Waals surface area contributed by atoms with Gasteiger partial charge in [-0.05, 0) is 49.6 Å². The van der Waals surface area contributed by atoms with Crippen LogP contribution < -0.4 is 4.90 Å². The zero-order valence-corrected chi connectivity index (χ0v) is 15.7. The molecule has 0 unspecified atom stereocenters. The lowest BCUT2D eigenvalue weighted by Gasteiger charge is -2.31. The number of allylic oxidation sites excluding steroid dienone is 1. The lowest BCUT2D eigenvalue weighted by Crippen LogP contribution is -2.20. The van der Waals surface area contributed by atoms with Crippen molar-refractivity contribution in [3.05, 3.63) is 81.9 Å². The molecule has 0 amide bonds. The Morgan fingerprint density at radius 3 is 2.52 bits per heavy atom. The zero-order chi connectivity index (χ0) is 19.2. The zero-order valence-electron chi connectivity index (χ0n) is 14.8. The van der Waals surface area contributed by atoms with E-state index in [1.54, 1.807) is 17.4 Å². The molecule has 0 saturated carbocycles. The Hall–Kier alpha value is -2.60. The van der Waals surface area contributed by atoms with Crippen LogP contribution in [-0.2, 0) is 12.6 Å². The van der Waals surface area contributed by atoms with Gasteiger partial charge in [-0.2, -0.15) is 13.2 Å². The highest BCUT2D eigenvalue weighted by Gasteiger charge is 2.32. The van der Waals surface area contributed by atoms with E-state index in [0.29, 0.717) is 12.0 Å². The van der Waals surface area contributed by atoms with Gasteiger partial charge < -0.3 is 0 Å². The Bertz CT molecular complexity index is 1010. The molecule has 138 valence electrons. The first-order valence-electron chi connectivity index (χ1n) is 8.54. The minimum Gasteiger partial charge on any atom is -0.286 e. The lowest BCUT2D eigenvalue weighted by atomic mass is 9.98. The van der Waals surface area contributed by atoms with Crippen molar-refractivity contribution < 1.29 is 13.2 Å². The maximum Gasteiger partial charge on any atom is 0.416 e. The van der Waals surface area contributed by atoms with Crippen molar-refractivity contribution in [1.29, 1.82) is 0 Å². The van der Waals surface area contributed by atoms with E-state index in [-0.39, 0.29) is 0 Å². The maximum absolute atomic E-state index is 13.2. The molecule has 2 aromatic carbocycles. The molecule has 0 N–H and O–H groups in total. The number of rotatable bonds is 2. The summed E-state index contributed by atoms with van der Waals surface area (Å²) in [6.07, 6.45) is -1.73. The average molecular weight is 386 g/mol. The van der Waals surface area contributed by atoms with Gasteiger partial charge in [-0.25, -0.2) is 4.98 Å². The van der Waals surface area contributed by atoms with Crippen molar-refractivity contribution in [1.82, 2.24) is 4.98 Å². The molecule has 6 heteroatoms. The summed E-state index contributed by atoms with van der Waals surface area (Å²) in [6.45, 7) is 3.94. The van der Waals surface area contributed by atoms with Crippen LogP contribution in [0.1, 0.15) is 27.3 Å². The van der Waals surface area contributed by atoms with Crippen molar-refractivity contribution in [2.75, 3.05) is 4.90 Å². The van der Waals surface area contributed by atoms with E-state index in [9.17, 15) is 13.2 Å². The number of hydrogen-bond donors (Lipinski definition) is 0. The van der Waals surface area contributed by atoms with Gasteiger partial charge in [0.05, 0.1) is 22.6 Å². The van der Waals surface area contributed by atoms with Gasteiger partial charge in [-0.3, -0.25) is 4.90 Å². The van der Waals surface area contributed by atoms with Crippen LogP contribution in [0.3, 0.4) is 0 Å². The monoisotopic (exact) mass is 386 g/mol. The van der Waals surface area contributed by atoms with Gasteiger partial charge >= 0.3 is 6.18 Å². The molecule has 1 aromatic heterocycles. The van der Waals surface area contributed by atoms with Crippen molar-refractivity contribution >= 4 is 27.9 Å². The highest BCUT2D eigenvalue weighted by atomic mass is 32.1. The largest absolute Gasteiger partial charge is 0.416 e. The lowest BCUT2D eigenvalue weighted by molar-refractivity contribution is -0.137. The molecular weight excluding hydrogens is 369 g/mol. The van der Waals surface area contributed by atoms with E-state index < -0.39 is 11.7 Å². The van der Waals surface area contributed by atoms with Crippen LogP contribution in [0.25, 0.3) is 5.70 Å². The second-order valence-electron chi connectivity index (χ2n) is 6.47. The third-order valence-electron chi connectivity index (χ3n) is 4.68. The molecular formula is C21H17F3N2S. The van der Waals surface area contributed by atoms with E-state index in [1.807, 2.05) is 49.1 Å². The predicted octanol–water partition coefficient (Wildman–Crippen LogP) is 6.51. The Labute approximate surface area is 159 Å². The van der Waals surface area contributed by atoms with Crippen LogP contribution >= 0.6 is 11.3 Å². The summed E-state index contributed by atoms with van der Waals surface area (Å²) in [4.78, 5) is 7.73. The summed E-state index contributed by atoms with van der Waals surface area (Å²) in [5, 5.41) is 0.765. The number of fused-ring (bicyclic) bond motifs is 1. The van der Waals surface area contributed by atoms with Crippen LogP contribution in [0.4, 0.5) is 24.0 Å². The van der Waals surface area contributed by atoms with Gasteiger partial charge in [0.25, 0.3) is 0 Å². The van der Waals surface area contributed by atoms with Crippen LogP contribution in [0.2, 0.25) is 0 Å². The first kappa shape index (κ1) is 17.8. The summed E-state index contributed by atoms with van der Waals surface area (Å²) in [6, 6.07) is 13.4. The molecule has 0 aliphatic carbocycles. The summed E-state index contributed by atoms with van der Waals surface area (Å²) in [5.74, 6) is 0. The van der Waals surface area contributed by atoms with E-state index in [0.717, 1.165) is 38.7 Å². The van der Waals surface area contributed by atoms with Crippen LogP contribution in [0, 0.1) is 13.8 Å². The van der Waals surface area contributed by atoms with Crippen molar-refractivity contribution in [2.45, 2.75) is 26.4 Å². The number of nitrogens with zero attached hydrogens (tertiary/aromatic N) is 2. The first-order chi connectivity index (χ1) is 12.8. The Morgan fingerprint density at radius 1 is 1.04 bits per heavy atom. The molecule has 0 fully saturated rings. The SMILES string of the molecule is Cc1nc(N2C(c3cccc(C(F)(F)F)c3)=CCc3ccccc32)sc1C. The molecule has 2 heterocycles. The molecule has 0 radical (unpaired) electrons. The highest BCUT2D eigenvalue weighted by Crippen LogP contribution is 2.43. The molecule has 0 atom stereocenters. The van der Waals surface area contributed by atoms with E-state index >= 15 is 0 Å². The number of anilines is 2. The quantitative estimate of drug-likeness (QED) is 0.499. The molecule has 1 aliphatic heterocycles. The van der Waals surface area contributed by atoms with Crippen molar-refractivity contribution in [3.8, 4) is 0 Å². The summed E-state index contributed by atoms with van der Waals surface area (Å²) in [7, 11) is 0. The van der Waals surface area contributed by atoms with Gasteiger partial charge in [0.2, 0.25) is 0 Å². The maximum atomic E-state index is 13.2. The minimum atomic E-state index is -4.37. The second kappa shape index (κ2) is 6.53. The minimum absolute atomic E-state index is 0.532. The van der Waals surface area contributed by atoms with E-state index in [2.05, 4.69) is 4.98 Å². The third kappa shape index (κ3) is 3.25. The van der Waals surface area contributed by atoms with Gasteiger partial charge in [0.1, 0.15) is 0 Å². The van der Waals surface area contributed by atoms with Crippen molar-refractivity contribution in [3.63, 3.8) is 0 Å². The fourth-order valence-electron chi connectivity index (χ4n) is 3.19. The number of para-hydroxylation sites is 1. The molecule has 27 heavy (non-hydrogen) atoms. The topological polar surface area (TPSA) is 16.1 Å². The highest BCUT2D eigenvalue weighted by molar-refractivity contribution is 7.15. The standard InChI is InChI=1S/C21H17F3N2S/c1-13-14(2)27-20(25-13)26-18-9-4-3-6-15(18)10-11-19(26)16-7-5-8-17(12-16)21(22,23)24/h3-9,11-12H,10H2,1-2H3. The van der Waals surface area contributed by atoms with Crippen LogP contribution in [-0.4, -0.2) is 4.98 Å². The molecule has 4 rings (SSSR count). The predicted molar refractivity (Wildman–Crippen MR) is 103 cm³/mol. The molecule has 0 bridgehead atoms. The summed E-state index contributed by atoms with van der Waals surface area (Å²) in [5.41, 5.74) is 3.63. The van der Waals surface area contributed by atoms with E-state index in [4.69, 9.17) is 0 Å². The fraction of sp³-hybridized carbons (Fsp3) is 0.190. The third-order valence-corrected chi connectivity index (χ3v) is 5.74. The van der Waals surface area contributed by atoms with Gasteiger partial charge in [0, 0.05) is 4.88 Å². The Kier molecular flexibility index (Phi) is 4.30. The first-order valence-corrected chi connectivity index (χ1v) is 9.36. The summed E-state index contributed by atoms with van der Waals surface area (Å²) < 4.78 is 39.6. The number of halogens is 3. The van der Waals surface area contributed by atoms with Crippen molar-refractivity contribution in [2.24, 2.45) is 0 Å². The smallest absolute Gasteiger partial charge is 0.286 e. The van der Waals surface area contributed by atoms with Gasteiger partial charge in [0.15, 0.2) is 5.13 Å². The second-order valence-corrected chi connectivity index (χ2v) is 7.66. The number of alkyl halides is 3. The number of aromatic nitrogens is 1. The molecule has 0 spiro atoms. The fourth-order valence-corrected chi connectivity index (χ4v) is 4.13. The number of aryl methyl sites for hydroxylation is 2. The molecule has 1 aliphatic rings. The van der Waals surface area contributed by atoms with E-state index in [1.165, 1.54) is 12.1 Å². The Balaban J connectivity index is 1.88. The van der Waals surface area contributed by atoms with Gasteiger partial charge in [-0.15, -0.1) is 11.3 Å². The number of benzene rings is 2. The molecule has 3 aromatic rings. The number of thiazole rings is 1.